The van der Waals surface area contributed by atoms with Gasteiger partial charge in [-0.05, 0) is 19.1 Å². The van der Waals surface area contributed by atoms with Crippen LogP contribution in [0.5, 0.6) is 5.75 Å². The molecule has 0 saturated carbocycles. The van der Waals surface area contributed by atoms with Gasteiger partial charge in [0.25, 0.3) is 0 Å². The molecular weight excluding hydrogens is 307 g/mol. The van der Waals surface area contributed by atoms with Crippen molar-refractivity contribution >= 4 is 17.3 Å². The summed E-state index contributed by atoms with van der Waals surface area (Å²) in [7, 11) is 0. The maximum Gasteiger partial charge on any atom is 0.435 e. The maximum absolute atomic E-state index is 12.7. The third-order valence-electron chi connectivity index (χ3n) is 2.52. The average Bonchev–Trinajstić information content (AvgIpc) is 2.82. The molecule has 4 nitrogen and oxygen atoms in total. The molecule has 0 fully saturated rings. The Morgan fingerprint density at radius 3 is 2.43 bits per heavy atom. The third kappa shape index (κ3) is 3.72. The van der Waals surface area contributed by atoms with Crippen LogP contribution in [-0.2, 0) is 12.8 Å². The minimum absolute atomic E-state index is 0.0414. The first-order valence-electron chi connectivity index (χ1n) is 5.77. The van der Waals surface area contributed by atoms with Crippen molar-refractivity contribution in [3.63, 3.8) is 0 Å². The predicted octanol–water partition coefficient (Wildman–Crippen LogP) is 3.75. The van der Waals surface area contributed by atoms with Gasteiger partial charge in [0.05, 0.1) is 0 Å². The van der Waals surface area contributed by atoms with Crippen LogP contribution in [0.1, 0.15) is 25.9 Å². The van der Waals surface area contributed by atoms with Gasteiger partial charge in [-0.25, -0.2) is 9.78 Å². The Labute approximate surface area is 121 Å². The number of aromatic nitrogens is 1. The summed E-state index contributed by atoms with van der Waals surface area (Å²) < 4.78 is 43.3. The van der Waals surface area contributed by atoms with Crippen molar-refractivity contribution in [3.05, 3.63) is 45.4 Å². The van der Waals surface area contributed by atoms with Gasteiger partial charge in [0.15, 0.2) is 5.69 Å². The number of hydrogen-bond donors (Lipinski definition) is 1. The number of carbonyl (C=O) groups is 1. The van der Waals surface area contributed by atoms with Crippen LogP contribution in [0.4, 0.5) is 13.2 Å². The maximum atomic E-state index is 12.7. The summed E-state index contributed by atoms with van der Waals surface area (Å²) in [6.07, 6.45) is -4.80. The Hall–Kier alpha value is -2.09. The number of carboxylic acids is 1. The summed E-state index contributed by atoms with van der Waals surface area (Å²) in [5, 5.41) is 8.75. The lowest BCUT2D eigenvalue weighted by atomic mass is 10.2. The summed E-state index contributed by atoms with van der Waals surface area (Å²) in [6, 6.07) is 6.93. The van der Waals surface area contributed by atoms with Crippen molar-refractivity contribution in [2.45, 2.75) is 19.7 Å². The number of aryl methyl sites for hydroxylation is 1. The van der Waals surface area contributed by atoms with Gasteiger partial charge in [-0.15, -0.1) is 11.3 Å². The van der Waals surface area contributed by atoms with E-state index in [-0.39, 0.29) is 11.6 Å². The van der Waals surface area contributed by atoms with E-state index >= 15 is 0 Å². The van der Waals surface area contributed by atoms with Gasteiger partial charge in [-0.1, -0.05) is 17.7 Å². The molecule has 0 saturated heterocycles. The SMILES string of the molecule is Cc1ccc(OCc2nc(C(F)(F)F)c(C(=O)O)s2)cc1. The highest BCUT2D eigenvalue weighted by molar-refractivity contribution is 7.13. The number of benzene rings is 1. The fourth-order valence-electron chi connectivity index (χ4n) is 1.54. The number of alkyl halides is 3. The Balaban J connectivity index is 2.17. The molecule has 0 aliphatic carbocycles. The van der Waals surface area contributed by atoms with Gasteiger partial charge in [0, 0.05) is 0 Å². The number of halogens is 3. The third-order valence-corrected chi connectivity index (χ3v) is 3.53. The molecule has 1 heterocycles. The monoisotopic (exact) mass is 317 g/mol. The van der Waals surface area contributed by atoms with Crippen LogP contribution in [0.15, 0.2) is 24.3 Å². The van der Waals surface area contributed by atoms with E-state index in [1.165, 1.54) is 0 Å². The molecule has 0 bridgehead atoms. The van der Waals surface area contributed by atoms with Crippen LogP contribution in [-0.4, -0.2) is 16.1 Å². The van der Waals surface area contributed by atoms with Crippen LogP contribution >= 0.6 is 11.3 Å². The molecule has 0 atom stereocenters. The summed E-state index contributed by atoms with van der Waals surface area (Å²) in [4.78, 5) is 13.3. The molecule has 0 aliphatic rings. The van der Waals surface area contributed by atoms with Crippen molar-refractivity contribution in [1.82, 2.24) is 4.98 Å². The zero-order chi connectivity index (χ0) is 15.6. The standard InChI is InChI=1S/C13H10F3NO3S/c1-7-2-4-8(5-3-7)20-6-9-17-11(13(14,15)16)10(21-9)12(18)19/h2-5H,6H2,1H3,(H,18,19). The Kier molecular flexibility index (Phi) is 4.17. The lowest BCUT2D eigenvalue weighted by Crippen LogP contribution is -2.11. The van der Waals surface area contributed by atoms with Crippen molar-refractivity contribution in [1.29, 1.82) is 0 Å². The van der Waals surface area contributed by atoms with E-state index < -0.39 is 22.7 Å². The molecule has 0 amide bonds. The topological polar surface area (TPSA) is 59.4 Å². The number of carboxylic acid groups (broad SMARTS) is 1. The normalized spacial score (nSPS) is 11.4. The summed E-state index contributed by atoms with van der Waals surface area (Å²) >= 11 is 0.461. The van der Waals surface area contributed by atoms with Gasteiger partial charge in [0.2, 0.25) is 0 Å². The van der Waals surface area contributed by atoms with Crippen molar-refractivity contribution in [2.24, 2.45) is 0 Å². The second kappa shape index (κ2) is 5.72. The largest absolute Gasteiger partial charge is 0.486 e. The van der Waals surface area contributed by atoms with Crippen molar-refractivity contribution in [3.8, 4) is 5.75 Å². The molecule has 0 aliphatic heterocycles. The molecule has 0 unspecified atom stereocenters. The van der Waals surface area contributed by atoms with Gasteiger partial charge in [-0.2, -0.15) is 13.2 Å². The summed E-state index contributed by atoms with van der Waals surface area (Å²) in [6.45, 7) is 1.67. The molecule has 112 valence electrons. The molecule has 1 aromatic carbocycles. The summed E-state index contributed by atoms with van der Waals surface area (Å²) in [5.41, 5.74) is -0.369. The van der Waals surface area contributed by atoms with Crippen LogP contribution in [0.3, 0.4) is 0 Å². The van der Waals surface area contributed by atoms with E-state index in [1.54, 1.807) is 24.3 Å². The average molecular weight is 317 g/mol. The molecule has 2 aromatic rings. The second-order valence-electron chi connectivity index (χ2n) is 4.19. The summed E-state index contributed by atoms with van der Waals surface area (Å²) in [5.74, 6) is -1.18. The lowest BCUT2D eigenvalue weighted by Gasteiger charge is -2.04. The number of ether oxygens (including phenoxy) is 1. The predicted molar refractivity (Wildman–Crippen MR) is 69.6 cm³/mol. The highest BCUT2D eigenvalue weighted by atomic mass is 32.1. The molecule has 8 heteroatoms. The Bertz CT molecular complexity index is 650. The fraction of sp³-hybridized carbons (Fsp3) is 0.231. The van der Waals surface area contributed by atoms with Crippen LogP contribution in [0.25, 0.3) is 0 Å². The van der Waals surface area contributed by atoms with Crippen LogP contribution in [0.2, 0.25) is 0 Å². The number of nitrogens with zero attached hydrogens (tertiary/aromatic N) is 1. The molecule has 0 radical (unpaired) electrons. The molecular formula is C13H10F3NO3S. The molecule has 21 heavy (non-hydrogen) atoms. The van der Waals surface area contributed by atoms with Gasteiger partial charge < -0.3 is 9.84 Å². The lowest BCUT2D eigenvalue weighted by molar-refractivity contribution is -0.141. The fourth-order valence-corrected chi connectivity index (χ4v) is 2.38. The van der Waals surface area contributed by atoms with Gasteiger partial charge in [0.1, 0.15) is 22.2 Å². The van der Waals surface area contributed by atoms with E-state index in [1.807, 2.05) is 6.92 Å². The number of thiazole rings is 1. The quantitative estimate of drug-likeness (QED) is 0.933. The first-order valence-corrected chi connectivity index (χ1v) is 6.58. The van der Waals surface area contributed by atoms with E-state index in [9.17, 15) is 18.0 Å². The Morgan fingerprint density at radius 1 is 1.33 bits per heavy atom. The zero-order valence-corrected chi connectivity index (χ0v) is 11.6. The highest BCUT2D eigenvalue weighted by Gasteiger charge is 2.39. The molecule has 1 N–H and O–H groups in total. The first-order chi connectivity index (χ1) is 9.77. The molecule has 1 aromatic heterocycles. The minimum Gasteiger partial charge on any atom is -0.486 e. The molecule has 2 rings (SSSR count). The van der Waals surface area contributed by atoms with E-state index in [2.05, 4.69) is 4.98 Å². The Morgan fingerprint density at radius 2 is 1.95 bits per heavy atom. The minimum atomic E-state index is -4.80. The zero-order valence-electron chi connectivity index (χ0n) is 10.8. The van der Waals surface area contributed by atoms with Gasteiger partial charge in [-0.3, -0.25) is 0 Å². The first kappa shape index (κ1) is 15.3. The van der Waals surface area contributed by atoms with Crippen molar-refractivity contribution < 1.29 is 27.8 Å². The smallest absolute Gasteiger partial charge is 0.435 e. The van der Waals surface area contributed by atoms with E-state index in [0.717, 1.165) is 5.56 Å². The van der Waals surface area contributed by atoms with Crippen LogP contribution < -0.4 is 4.74 Å². The van der Waals surface area contributed by atoms with E-state index in [4.69, 9.17) is 9.84 Å². The van der Waals surface area contributed by atoms with Gasteiger partial charge >= 0.3 is 12.1 Å². The molecule has 0 spiro atoms. The van der Waals surface area contributed by atoms with Crippen LogP contribution in [0, 0.1) is 6.92 Å². The highest BCUT2D eigenvalue weighted by Crippen LogP contribution is 2.34. The number of aromatic carboxylic acids is 1. The van der Waals surface area contributed by atoms with Crippen molar-refractivity contribution in [2.75, 3.05) is 0 Å². The number of hydrogen-bond acceptors (Lipinski definition) is 4. The van der Waals surface area contributed by atoms with E-state index in [0.29, 0.717) is 17.1 Å². The number of rotatable bonds is 4. The second-order valence-corrected chi connectivity index (χ2v) is 5.27.